The van der Waals surface area contributed by atoms with E-state index in [0.29, 0.717) is 6.54 Å². The van der Waals surface area contributed by atoms with Gasteiger partial charge in [-0.3, -0.25) is 0 Å². The Hall–Kier alpha value is -2.20. The van der Waals surface area contributed by atoms with Gasteiger partial charge in [0.05, 0.1) is 0 Å². The zero-order chi connectivity index (χ0) is 12.4. The number of hydrogen-bond donors (Lipinski definition) is 2. The molecule has 0 bridgehead atoms. The van der Waals surface area contributed by atoms with Crippen molar-refractivity contribution in [2.24, 2.45) is 5.73 Å². The van der Waals surface area contributed by atoms with Gasteiger partial charge >= 0.3 is 0 Å². The maximum absolute atomic E-state index is 5.51. The molecule has 0 atom stereocenters. The van der Waals surface area contributed by atoms with E-state index in [1.54, 1.807) is 0 Å². The predicted octanol–water partition coefficient (Wildman–Crippen LogP) is 2.13. The topological polar surface area (TPSA) is 67.6 Å². The molecule has 0 saturated heterocycles. The van der Waals surface area contributed by atoms with Gasteiger partial charge < -0.3 is 10.7 Å². The Balaban J connectivity index is 2.03. The molecule has 18 heavy (non-hydrogen) atoms. The molecule has 0 saturated carbocycles. The number of para-hydroxylation sites is 1. The Morgan fingerprint density at radius 1 is 1.11 bits per heavy atom. The second-order valence-electron chi connectivity index (χ2n) is 4.20. The lowest BCUT2D eigenvalue weighted by atomic mass is 10.1. The van der Waals surface area contributed by atoms with Gasteiger partial charge in [-0.05, 0) is 24.6 Å². The SMILES string of the molecule is NCCc1cnc(-c2c[nH]c3ccccc23)nc1. The minimum Gasteiger partial charge on any atom is -0.360 e. The Bertz CT molecular complexity index is 655. The fourth-order valence-corrected chi connectivity index (χ4v) is 2.05. The summed E-state index contributed by atoms with van der Waals surface area (Å²) in [5.41, 5.74) is 8.71. The lowest BCUT2D eigenvalue weighted by Crippen LogP contribution is -2.03. The van der Waals surface area contributed by atoms with Gasteiger partial charge in [0.1, 0.15) is 0 Å². The van der Waals surface area contributed by atoms with Crippen molar-refractivity contribution in [3.63, 3.8) is 0 Å². The summed E-state index contributed by atoms with van der Waals surface area (Å²) in [5, 5.41) is 1.14. The predicted molar refractivity (Wildman–Crippen MR) is 72.1 cm³/mol. The molecule has 2 aromatic heterocycles. The third-order valence-electron chi connectivity index (χ3n) is 2.97. The van der Waals surface area contributed by atoms with Crippen molar-refractivity contribution in [2.45, 2.75) is 6.42 Å². The average molecular weight is 238 g/mol. The van der Waals surface area contributed by atoms with E-state index in [1.165, 1.54) is 0 Å². The van der Waals surface area contributed by atoms with Crippen LogP contribution in [0.2, 0.25) is 0 Å². The van der Waals surface area contributed by atoms with Crippen molar-refractivity contribution in [3.8, 4) is 11.4 Å². The van der Waals surface area contributed by atoms with E-state index in [0.717, 1.165) is 34.3 Å². The van der Waals surface area contributed by atoms with Crippen LogP contribution in [-0.2, 0) is 6.42 Å². The lowest BCUT2D eigenvalue weighted by Gasteiger charge is -2.00. The molecule has 0 aliphatic rings. The van der Waals surface area contributed by atoms with Crippen molar-refractivity contribution in [1.29, 1.82) is 0 Å². The summed E-state index contributed by atoms with van der Waals surface area (Å²) in [6, 6.07) is 8.14. The molecular formula is C14H14N4. The van der Waals surface area contributed by atoms with Crippen molar-refractivity contribution in [2.75, 3.05) is 6.54 Å². The monoisotopic (exact) mass is 238 g/mol. The van der Waals surface area contributed by atoms with Crippen molar-refractivity contribution in [3.05, 3.63) is 48.4 Å². The molecule has 0 amide bonds. The number of hydrogen-bond acceptors (Lipinski definition) is 3. The molecule has 3 rings (SSSR count). The molecule has 0 fully saturated rings. The number of nitrogens with two attached hydrogens (primary N) is 1. The van der Waals surface area contributed by atoms with E-state index in [2.05, 4.69) is 21.0 Å². The second kappa shape index (κ2) is 4.58. The zero-order valence-electron chi connectivity index (χ0n) is 9.93. The molecule has 4 heteroatoms. The number of aromatic nitrogens is 3. The Morgan fingerprint density at radius 2 is 1.89 bits per heavy atom. The molecule has 90 valence electrons. The molecule has 2 heterocycles. The van der Waals surface area contributed by atoms with E-state index in [9.17, 15) is 0 Å². The van der Waals surface area contributed by atoms with Crippen LogP contribution in [-0.4, -0.2) is 21.5 Å². The quantitative estimate of drug-likeness (QED) is 0.734. The molecule has 0 radical (unpaired) electrons. The van der Waals surface area contributed by atoms with Crippen molar-refractivity contribution in [1.82, 2.24) is 15.0 Å². The minimum atomic E-state index is 0.621. The summed E-state index contributed by atoms with van der Waals surface area (Å²) in [7, 11) is 0. The number of fused-ring (bicyclic) bond motifs is 1. The van der Waals surface area contributed by atoms with E-state index in [1.807, 2.05) is 36.8 Å². The molecule has 0 aliphatic heterocycles. The first-order valence-corrected chi connectivity index (χ1v) is 5.96. The van der Waals surface area contributed by atoms with E-state index in [-0.39, 0.29) is 0 Å². The van der Waals surface area contributed by atoms with Gasteiger partial charge in [-0.15, -0.1) is 0 Å². The third-order valence-corrected chi connectivity index (χ3v) is 2.97. The summed E-state index contributed by atoms with van der Waals surface area (Å²) in [6.07, 6.45) is 6.45. The van der Waals surface area contributed by atoms with E-state index < -0.39 is 0 Å². The van der Waals surface area contributed by atoms with Gasteiger partial charge in [0.2, 0.25) is 0 Å². The van der Waals surface area contributed by atoms with Crippen LogP contribution in [0.4, 0.5) is 0 Å². The average Bonchev–Trinajstić information content (AvgIpc) is 2.84. The van der Waals surface area contributed by atoms with Crippen LogP contribution in [0.5, 0.6) is 0 Å². The lowest BCUT2D eigenvalue weighted by molar-refractivity contribution is 0.943. The number of benzene rings is 1. The third kappa shape index (κ3) is 1.87. The van der Waals surface area contributed by atoms with Gasteiger partial charge in [-0.1, -0.05) is 18.2 Å². The number of aromatic amines is 1. The van der Waals surface area contributed by atoms with Crippen molar-refractivity contribution < 1.29 is 0 Å². The first kappa shape index (κ1) is 10.9. The molecule has 0 aliphatic carbocycles. The normalized spacial score (nSPS) is 10.9. The maximum Gasteiger partial charge on any atom is 0.161 e. The standard InChI is InChI=1S/C14H14N4/c15-6-5-10-7-17-14(18-8-10)12-9-16-13-4-2-1-3-11(12)13/h1-4,7-9,16H,5-6,15H2. The number of H-pyrrole nitrogens is 1. The van der Waals surface area contributed by atoms with Gasteiger partial charge in [0.25, 0.3) is 0 Å². The summed E-state index contributed by atoms with van der Waals surface area (Å²) < 4.78 is 0. The highest BCUT2D eigenvalue weighted by molar-refractivity contribution is 5.93. The summed E-state index contributed by atoms with van der Waals surface area (Å²) in [6.45, 7) is 0.621. The van der Waals surface area contributed by atoms with Crippen LogP contribution in [0.25, 0.3) is 22.3 Å². The van der Waals surface area contributed by atoms with Crippen LogP contribution in [0.3, 0.4) is 0 Å². The van der Waals surface area contributed by atoms with E-state index >= 15 is 0 Å². The highest BCUT2D eigenvalue weighted by atomic mass is 14.9. The number of rotatable bonds is 3. The van der Waals surface area contributed by atoms with Crippen LogP contribution < -0.4 is 5.73 Å². The van der Waals surface area contributed by atoms with Crippen LogP contribution in [0, 0.1) is 0 Å². The van der Waals surface area contributed by atoms with Gasteiger partial charge in [-0.2, -0.15) is 0 Å². The fourth-order valence-electron chi connectivity index (χ4n) is 2.05. The Kier molecular flexibility index (Phi) is 2.78. The van der Waals surface area contributed by atoms with E-state index in [4.69, 9.17) is 5.73 Å². The molecule has 3 aromatic rings. The molecular weight excluding hydrogens is 224 g/mol. The largest absolute Gasteiger partial charge is 0.360 e. The zero-order valence-corrected chi connectivity index (χ0v) is 9.93. The molecule has 4 nitrogen and oxygen atoms in total. The molecule has 0 unspecified atom stereocenters. The highest BCUT2D eigenvalue weighted by Crippen LogP contribution is 2.25. The van der Waals surface area contributed by atoms with Gasteiger partial charge in [0, 0.05) is 35.1 Å². The molecule has 0 spiro atoms. The smallest absolute Gasteiger partial charge is 0.161 e. The molecule has 1 aromatic carbocycles. The maximum atomic E-state index is 5.51. The second-order valence-corrected chi connectivity index (χ2v) is 4.20. The van der Waals surface area contributed by atoms with Gasteiger partial charge in [0.15, 0.2) is 5.82 Å². The first-order valence-electron chi connectivity index (χ1n) is 5.96. The van der Waals surface area contributed by atoms with Crippen LogP contribution >= 0.6 is 0 Å². The Morgan fingerprint density at radius 3 is 2.67 bits per heavy atom. The van der Waals surface area contributed by atoms with Crippen molar-refractivity contribution >= 4 is 10.9 Å². The number of nitrogens with zero attached hydrogens (tertiary/aromatic N) is 2. The van der Waals surface area contributed by atoms with Gasteiger partial charge in [-0.25, -0.2) is 9.97 Å². The minimum absolute atomic E-state index is 0.621. The summed E-state index contributed by atoms with van der Waals surface area (Å²) >= 11 is 0. The summed E-state index contributed by atoms with van der Waals surface area (Å²) in [4.78, 5) is 12.0. The molecule has 3 N–H and O–H groups in total. The highest BCUT2D eigenvalue weighted by Gasteiger charge is 2.07. The number of nitrogens with one attached hydrogen (secondary N) is 1. The fraction of sp³-hybridized carbons (Fsp3) is 0.143. The Labute approximate surface area is 105 Å². The van der Waals surface area contributed by atoms with Crippen LogP contribution in [0.1, 0.15) is 5.56 Å². The summed E-state index contributed by atoms with van der Waals surface area (Å²) in [5.74, 6) is 0.744. The van der Waals surface area contributed by atoms with Crippen LogP contribution in [0.15, 0.2) is 42.9 Å². The first-order chi connectivity index (χ1) is 8.88.